The topological polar surface area (TPSA) is 119 Å². The SMILES string of the molecule is CCOc1ccc(NC(=O)Cn2nnnc2C(C)(C)C)cc1S(=O)(=O)N1CCCCC1. The molecule has 0 radical (unpaired) electrons. The Balaban J connectivity index is 1.83. The highest BCUT2D eigenvalue weighted by Gasteiger charge is 2.29. The monoisotopic (exact) mass is 450 g/mol. The van der Waals surface area contributed by atoms with Gasteiger partial charge in [0.1, 0.15) is 17.2 Å². The van der Waals surface area contributed by atoms with E-state index in [1.54, 1.807) is 19.1 Å². The zero-order valence-electron chi connectivity index (χ0n) is 18.5. The number of tetrazole rings is 1. The van der Waals surface area contributed by atoms with Crippen molar-refractivity contribution in [3.63, 3.8) is 0 Å². The Bertz CT molecular complexity index is 1020. The van der Waals surface area contributed by atoms with Crippen LogP contribution in [-0.2, 0) is 26.8 Å². The van der Waals surface area contributed by atoms with Gasteiger partial charge in [0.2, 0.25) is 15.9 Å². The average Bonchev–Trinajstić information content (AvgIpc) is 3.18. The Morgan fingerprint density at radius 2 is 1.90 bits per heavy atom. The van der Waals surface area contributed by atoms with E-state index in [4.69, 9.17) is 4.74 Å². The quantitative estimate of drug-likeness (QED) is 0.686. The number of hydrogen-bond donors (Lipinski definition) is 1. The number of amides is 1. The zero-order chi connectivity index (χ0) is 22.6. The number of sulfonamides is 1. The summed E-state index contributed by atoms with van der Waals surface area (Å²) in [4.78, 5) is 12.7. The Hall–Kier alpha value is -2.53. The van der Waals surface area contributed by atoms with Gasteiger partial charge in [0, 0.05) is 24.2 Å². The predicted molar refractivity (Wildman–Crippen MR) is 115 cm³/mol. The molecule has 0 aliphatic carbocycles. The maximum Gasteiger partial charge on any atom is 0.246 e. The second-order valence-electron chi connectivity index (χ2n) is 8.52. The minimum atomic E-state index is -3.73. The third-order valence-electron chi connectivity index (χ3n) is 4.96. The number of carbonyl (C=O) groups excluding carboxylic acids is 1. The van der Waals surface area contributed by atoms with E-state index in [0.717, 1.165) is 19.3 Å². The molecule has 170 valence electrons. The minimum absolute atomic E-state index is 0.0619. The first-order chi connectivity index (χ1) is 14.6. The molecular formula is C20H30N6O4S. The number of piperidine rings is 1. The van der Waals surface area contributed by atoms with Gasteiger partial charge in [0.15, 0.2) is 5.82 Å². The second-order valence-corrected chi connectivity index (χ2v) is 10.4. The van der Waals surface area contributed by atoms with E-state index in [2.05, 4.69) is 20.8 Å². The molecule has 2 heterocycles. The molecule has 0 bridgehead atoms. The molecule has 1 fully saturated rings. The lowest BCUT2D eigenvalue weighted by Crippen LogP contribution is -2.35. The van der Waals surface area contributed by atoms with Gasteiger partial charge in [-0.05, 0) is 48.4 Å². The first-order valence-electron chi connectivity index (χ1n) is 10.5. The molecule has 0 spiro atoms. The molecule has 31 heavy (non-hydrogen) atoms. The summed E-state index contributed by atoms with van der Waals surface area (Å²) in [6, 6.07) is 4.66. The molecule has 0 unspecified atom stereocenters. The van der Waals surface area contributed by atoms with Crippen molar-refractivity contribution in [2.75, 3.05) is 25.0 Å². The molecule has 11 heteroatoms. The third-order valence-corrected chi connectivity index (χ3v) is 6.88. The fraction of sp³-hybridized carbons (Fsp3) is 0.600. The summed E-state index contributed by atoms with van der Waals surface area (Å²) in [5.74, 6) is 0.507. The molecule has 1 aromatic heterocycles. The summed E-state index contributed by atoms with van der Waals surface area (Å²) in [6.45, 7) is 8.89. The van der Waals surface area contributed by atoms with Crippen molar-refractivity contribution in [2.45, 2.75) is 63.8 Å². The van der Waals surface area contributed by atoms with Gasteiger partial charge in [-0.15, -0.1) is 5.10 Å². The smallest absolute Gasteiger partial charge is 0.246 e. The lowest BCUT2D eigenvalue weighted by Gasteiger charge is -2.27. The molecule has 1 amide bonds. The molecule has 2 aromatic rings. The van der Waals surface area contributed by atoms with Crippen molar-refractivity contribution in [2.24, 2.45) is 0 Å². The number of carbonyl (C=O) groups is 1. The van der Waals surface area contributed by atoms with Crippen molar-refractivity contribution in [1.82, 2.24) is 24.5 Å². The molecule has 1 aliphatic heterocycles. The average molecular weight is 451 g/mol. The van der Waals surface area contributed by atoms with Gasteiger partial charge in [-0.25, -0.2) is 13.1 Å². The number of ether oxygens (including phenoxy) is 1. The van der Waals surface area contributed by atoms with Crippen LogP contribution in [-0.4, -0.2) is 58.5 Å². The highest BCUT2D eigenvalue weighted by molar-refractivity contribution is 7.89. The normalized spacial score (nSPS) is 15.6. The van der Waals surface area contributed by atoms with Gasteiger partial charge in [-0.1, -0.05) is 27.2 Å². The van der Waals surface area contributed by atoms with E-state index >= 15 is 0 Å². The Morgan fingerprint density at radius 3 is 2.55 bits per heavy atom. The van der Waals surface area contributed by atoms with E-state index in [0.29, 0.717) is 31.2 Å². The van der Waals surface area contributed by atoms with E-state index < -0.39 is 10.0 Å². The standard InChI is InChI=1S/C20H30N6O4S/c1-5-30-16-10-9-15(13-17(16)31(28,29)25-11-7-6-8-12-25)21-18(27)14-26-19(20(2,3)4)22-23-24-26/h9-10,13H,5-8,11-12,14H2,1-4H3,(H,21,27). The molecule has 0 saturated carbocycles. The Labute approximate surface area is 183 Å². The number of hydrogen-bond acceptors (Lipinski definition) is 7. The molecular weight excluding hydrogens is 420 g/mol. The summed E-state index contributed by atoms with van der Waals surface area (Å²) in [7, 11) is -3.73. The Kier molecular flexibility index (Phi) is 6.95. The molecule has 3 rings (SSSR count). The predicted octanol–water partition coefficient (Wildman–Crippen LogP) is 2.18. The number of nitrogens with zero attached hydrogens (tertiary/aromatic N) is 5. The molecule has 1 aliphatic rings. The van der Waals surface area contributed by atoms with E-state index in [9.17, 15) is 13.2 Å². The van der Waals surface area contributed by atoms with Crippen LogP contribution in [0.15, 0.2) is 23.1 Å². The first-order valence-corrected chi connectivity index (χ1v) is 11.9. The summed E-state index contributed by atoms with van der Waals surface area (Å²) in [5, 5.41) is 14.3. The van der Waals surface area contributed by atoms with Crippen molar-refractivity contribution >= 4 is 21.6 Å². The number of anilines is 1. The fourth-order valence-electron chi connectivity index (χ4n) is 3.49. The van der Waals surface area contributed by atoms with Crippen LogP contribution in [0.3, 0.4) is 0 Å². The van der Waals surface area contributed by atoms with Crippen molar-refractivity contribution in [3.05, 3.63) is 24.0 Å². The van der Waals surface area contributed by atoms with E-state index in [1.807, 2.05) is 20.8 Å². The summed E-state index contributed by atoms with van der Waals surface area (Å²) >= 11 is 0. The number of benzene rings is 1. The van der Waals surface area contributed by atoms with Crippen LogP contribution >= 0.6 is 0 Å². The van der Waals surface area contributed by atoms with Gasteiger partial charge in [-0.2, -0.15) is 4.31 Å². The Morgan fingerprint density at radius 1 is 1.19 bits per heavy atom. The van der Waals surface area contributed by atoms with Gasteiger partial charge in [-0.3, -0.25) is 4.79 Å². The van der Waals surface area contributed by atoms with Gasteiger partial charge >= 0.3 is 0 Å². The summed E-state index contributed by atoms with van der Waals surface area (Å²) < 4.78 is 35.0. The van der Waals surface area contributed by atoms with Gasteiger partial charge < -0.3 is 10.1 Å². The molecule has 1 N–H and O–H groups in total. The maximum atomic E-state index is 13.2. The van der Waals surface area contributed by atoms with Crippen molar-refractivity contribution in [3.8, 4) is 5.75 Å². The van der Waals surface area contributed by atoms with Crippen LogP contribution in [0, 0.1) is 0 Å². The van der Waals surface area contributed by atoms with Crippen LogP contribution in [0.25, 0.3) is 0 Å². The van der Waals surface area contributed by atoms with Crippen LogP contribution < -0.4 is 10.1 Å². The highest BCUT2D eigenvalue weighted by atomic mass is 32.2. The first kappa shape index (κ1) is 23.1. The minimum Gasteiger partial charge on any atom is -0.492 e. The van der Waals surface area contributed by atoms with Crippen molar-refractivity contribution in [1.29, 1.82) is 0 Å². The zero-order valence-corrected chi connectivity index (χ0v) is 19.3. The number of aromatic nitrogens is 4. The fourth-order valence-corrected chi connectivity index (χ4v) is 5.17. The van der Waals surface area contributed by atoms with Crippen LogP contribution in [0.5, 0.6) is 5.75 Å². The second kappa shape index (κ2) is 9.31. The molecule has 1 aromatic carbocycles. The third kappa shape index (κ3) is 5.40. The van der Waals surface area contributed by atoms with Crippen LogP contribution in [0.1, 0.15) is 52.8 Å². The van der Waals surface area contributed by atoms with Crippen LogP contribution in [0.2, 0.25) is 0 Å². The lowest BCUT2D eigenvalue weighted by molar-refractivity contribution is -0.117. The van der Waals surface area contributed by atoms with E-state index in [1.165, 1.54) is 15.1 Å². The highest BCUT2D eigenvalue weighted by Crippen LogP contribution is 2.31. The van der Waals surface area contributed by atoms with Crippen molar-refractivity contribution < 1.29 is 17.9 Å². The number of rotatable bonds is 7. The van der Waals surface area contributed by atoms with Crippen LogP contribution in [0.4, 0.5) is 5.69 Å². The number of nitrogens with one attached hydrogen (secondary N) is 1. The summed E-state index contributed by atoms with van der Waals surface area (Å²) in [6.07, 6.45) is 2.69. The van der Waals surface area contributed by atoms with Gasteiger partial charge in [0.25, 0.3) is 0 Å². The maximum absolute atomic E-state index is 13.2. The molecule has 10 nitrogen and oxygen atoms in total. The van der Waals surface area contributed by atoms with Gasteiger partial charge in [0.05, 0.1) is 6.61 Å². The molecule has 1 saturated heterocycles. The molecule has 0 atom stereocenters. The van der Waals surface area contributed by atoms with E-state index in [-0.39, 0.29) is 28.5 Å². The largest absolute Gasteiger partial charge is 0.492 e. The summed E-state index contributed by atoms with van der Waals surface area (Å²) in [5.41, 5.74) is 0.0490. The lowest BCUT2D eigenvalue weighted by atomic mass is 9.96.